The molecular formula is C22H27ClN6O. The Morgan fingerprint density at radius 2 is 2.07 bits per heavy atom. The number of hydrogen-bond acceptors (Lipinski definition) is 4. The Labute approximate surface area is 182 Å². The van der Waals surface area contributed by atoms with Gasteiger partial charge in [0, 0.05) is 36.7 Å². The average Bonchev–Trinajstić information content (AvgIpc) is 3.19. The highest BCUT2D eigenvalue weighted by atomic mass is 35.5. The van der Waals surface area contributed by atoms with Gasteiger partial charge < -0.3 is 15.4 Å². The number of guanidine groups is 1. The van der Waals surface area contributed by atoms with Crippen LogP contribution in [0.5, 0.6) is 5.75 Å². The van der Waals surface area contributed by atoms with Crippen LogP contribution in [0, 0.1) is 6.92 Å². The Hall–Kier alpha value is -3.06. The SMILES string of the molecule is CCNC(=NCc1ccc(-n2ccnc2C)nc1)NCCc1ccc(OC)cc1Cl. The van der Waals surface area contributed by atoms with Gasteiger partial charge in [0.2, 0.25) is 0 Å². The summed E-state index contributed by atoms with van der Waals surface area (Å²) in [6.45, 7) is 6.03. The number of rotatable bonds is 8. The second-order valence-corrected chi connectivity index (χ2v) is 7.11. The molecule has 2 aromatic heterocycles. The zero-order valence-electron chi connectivity index (χ0n) is 17.5. The molecule has 7 nitrogen and oxygen atoms in total. The van der Waals surface area contributed by atoms with Crippen LogP contribution >= 0.6 is 11.6 Å². The number of methoxy groups -OCH3 is 1. The van der Waals surface area contributed by atoms with E-state index in [0.29, 0.717) is 11.6 Å². The van der Waals surface area contributed by atoms with E-state index in [1.54, 1.807) is 13.3 Å². The van der Waals surface area contributed by atoms with Crippen LogP contribution in [0.25, 0.3) is 5.82 Å². The minimum Gasteiger partial charge on any atom is -0.497 e. The minimum absolute atomic E-state index is 0.537. The lowest BCUT2D eigenvalue weighted by molar-refractivity contribution is 0.414. The summed E-state index contributed by atoms with van der Waals surface area (Å²) in [6, 6.07) is 9.75. The number of imidazole rings is 1. The van der Waals surface area contributed by atoms with Gasteiger partial charge in [0.1, 0.15) is 17.4 Å². The topological polar surface area (TPSA) is 76.4 Å². The molecule has 2 heterocycles. The first-order valence-electron chi connectivity index (χ1n) is 9.90. The standard InChI is InChI=1S/C22H27ClN6O/c1-4-24-22(26-10-9-18-6-7-19(30-3)13-20(18)23)28-15-17-5-8-21(27-14-17)29-12-11-25-16(29)2/h5-8,11-14H,4,9-10,15H2,1-3H3,(H2,24,26,28). The minimum atomic E-state index is 0.537. The molecule has 2 N–H and O–H groups in total. The van der Waals surface area contributed by atoms with E-state index in [1.807, 2.05) is 61.1 Å². The van der Waals surface area contributed by atoms with E-state index in [9.17, 15) is 0 Å². The number of nitrogens with zero attached hydrogens (tertiary/aromatic N) is 4. The predicted octanol–water partition coefficient (Wildman–Crippen LogP) is 3.54. The molecule has 0 atom stereocenters. The third-order valence-electron chi connectivity index (χ3n) is 4.59. The molecule has 30 heavy (non-hydrogen) atoms. The van der Waals surface area contributed by atoms with Crippen molar-refractivity contribution < 1.29 is 4.74 Å². The second kappa shape index (κ2) is 10.6. The van der Waals surface area contributed by atoms with Crippen LogP contribution in [-0.2, 0) is 13.0 Å². The largest absolute Gasteiger partial charge is 0.497 e. The van der Waals surface area contributed by atoms with E-state index in [4.69, 9.17) is 16.3 Å². The lowest BCUT2D eigenvalue weighted by atomic mass is 10.1. The molecule has 1 aromatic carbocycles. The molecule has 0 aliphatic heterocycles. The maximum Gasteiger partial charge on any atom is 0.191 e. The molecule has 3 rings (SSSR count). The van der Waals surface area contributed by atoms with E-state index in [1.165, 1.54) is 0 Å². The number of aromatic nitrogens is 3. The normalized spacial score (nSPS) is 11.4. The van der Waals surface area contributed by atoms with Crippen molar-refractivity contribution >= 4 is 17.6 Å². The van der Waals surface area contributed by atoms with Crippen LogP contribution in [0.3, 0.4) is 0 Å². The Morgan fingerprint density at radius 3 is 2.70 bits per heavy atom. The summed E-state index contributed by atoms with van der Waals surface area (Å²) >= 11 is 6.32. The van der Waals surface area contributed by atoms with E-state index < -0.39 is 0 Å². The summed E-state index contributed by atoms with van der Waals surface area (Å²) < 4.78 is 7.14. The Bertz CT molecular complexity index is 984. The molecule has 8 heteroatoms. The summed E-state index contributed by atoms with van der Waals surface area (Å²) in [4.78, 5) is 13.4. The van der Waals surface area contributed by atoms with Crippen LogP contribution < -0.4 is 15.4 Å². The van der Waals surface area contributed by atoms with Gasteiger partial charge in [0.25, 0.3) is 0 Å². The quantitative estimate of drug-likeness (QED) is 0.425. The summed E-state index contributed by atoms with van der Waals surface area (Å²) in [5.41, 5.74) is 2.10. The van der Waals surface area contributed by atoms with Gasteiger partial charge in [-0.1, -0.05) is 23.7 Å². The number of ether oxygens (including phenoxy) is 1. The van der Waals surface area contributed by atoms with Crippen molar-refractivity contribution in [1.82, 2.24) is 25.2 Å². The fraction of sp³-hybridized carbons (Fsp3) is 0.318. The van der Waals surface area contributed by atoms with E-state index >= 15 is 0 Å². The first-order chi connectivity index (χ1) is 14.6. The molecule has 0 saturated heterocycles. The van der Waals surface area contributed by atoms with E-state index in [2.05, 4.69) is 25.6 Å². The van der Waals surface area contributed by atoms with E-state index in [-0.39, 0.29) is 0 Å². The van der Waals surface area contributed by atoms with Crippen LogP contribution in [0.4, 0.5) is 0 Å². The van der Waals surface area contributed by atoms with Crippen molar-refractivity contribution in [2.75, 3.05) is 20.2 Å². The highest BCUT2D eigenvalue weighted by Crippen LogP contribution is 2.22. The monoisotopic (exact) mass is 426 g/mol. The van der Waals surface area contributed by atoms with Crippen LogP contribution in [0.2, 0.25) is 5.02 Å². The summed E-state index contributed by atoms with van der Waals surface area (Å²) in [7, 11) is 1.63. The fourth-order valence-electron chi connectivity index (χ4n) is 2.96. The van der Waals surface area contributed by atoms with Crippen LogP contribution in [-0.4, -0.2) is 40.7 Å². The third kappa shape index (κ3) is 5.73. The highest BCUT2D eigenvalue weighted by Gasteiger charge is 2.05. The lowest BCUT2D eigenvalue weighted by Gasteiger charge is -2.12. The van der Waals surface area contributed by atoms with E-state index in [0.717, 1.165) is 54.0 Å². The van der Waals surface area contributed by atoms with Gasteiger partial charge in [-0.25, -0.2) is 15.0 Å². The van der Waals surface area contributed by atoms with Gasteiger partial charge in [0.05, 0.1) is 13.7 Å². The number of halogens is 1. The van der Waals surface area contributed by atoms with Gasteiger partial charge in [-0.2, -0.15) is 0 Å². The average molecular weight is 427 g/mol. The molecule has 0 fully saturated rings. The van der Waals surface area contributed by atoms with Gasteiger partial charge in [-0.05, 0) is 49.6 Å². The predicted molar refractivity (Wildman–Crippen MR) is 121 cm³/mol. The van der Waals surface area contributed by atoms with Crippen molar-refractivity contribution in [2.45, 2.75) is 26.8 Å². The molecule has 158 valence electrons. The number of pyridine rings is 1. The molecular weight excluding hydrogens is 400 g/mol. The molecule has 0 radical (unpaired) electrons. The van der Waals surface area contributed by atoms with Crippen molar-refractivity contribution in [2.24, 2.45) is 4.99 Å². The first-order valence-corrected chi connectivity index (χ1v) is 10.3. The zero-order valence-corrected chi connectivity index (χ0v) is 18.3. The van der Waals surface area contributed by atoms with Crippen LogP contribution in [0.1, 0.15) is 23.9 Å². The molecule has 0 aliphatic carbocycles. The molecule has 0 saturated carbocycles. The zero-order chi connectivity index (χ0) is 21.3. The number of aliphatic imine (C=N–C) groups is 1. The summed E-state index contributed by atoms with van der Waals surface area (Å²) in [6.07, 6.45) is 6.30. The van der Waals surface area contributed by atoms with Gasteiger partial charge in [0.15, 0.2) is 5.96 Å². The number of nitrogens with one attached hydrogen (secondary N) is 2. The Morgan fingerprint density at radius 1 is 1.20 bits per heavy atom. The Kier molecular flexibility index (Phi) is 7.68. The van der Waals surface area contributed by atoms with Gasteiger partial charge in [-0.3, -0.25) is 4.57 Å². The van der Waals surface area contributed by atoms with Crippen LogP contribution in [0.15, 0.2) is 53.9 Å². The molecule has 0 amide bonds. The third-order valence-corrected chi connectivity index (χ3v) is 4.94. The van der Waals surface area contributed by atoms with Crippen molar-refractivity contribution in [3.63, 3.8) is 0 Å². The lowest BCUT2D eigenvalue weighted by Crippen LogP contribution is -2.38. The molecule has 0 bridgehead atoms. The number of benzene rings is 1. The summed E-state index contributed by atoms with van der Waals surface area (Å²) in [5.74, 6) is 3.27. The highest BCUT2D eigenvalue weighted by molar-refractivity contribution is 6.31. The van der Waals surface area contributed by atoms with Gasteiger partial charge >= 0.3 is 0 Å². The molecule has 0 aliphatic rings. The maximum absolute atomic E-state index is 6.32. The maximum atomic E-state index is 6.32. The smallest absolute Gasteiger partial charge is 0.191 e. The molecule has 0 unspecified atom stereocenters. The number of aryl methyl sites for hydroxylation is 1. The van der Waals surface area contributed by atoms with Gasteiger partial charge in [-0.15, -0.1) is 0 Å². The van der Waals surface area contributed by atoms with Crippen molar-refractivity contribution in [3.8, 4) is 11.6 Å². The molecule has 0 spiro atoms. The van der Waals surface area contributed by atoms with Crippen molar-refractivity contribution in [1.29, 1.82) is 0 Å². The first kappa shape index (κ1) is 21.6. The van der Waals surface area contributed by atoms with Crippen molar-refractivity contribution in [3.05, 3.63) is 70.9 Å². The second-order valence-electron chi connectivity index (χ2n) is 6.70. The number of hydrogen-bond donors (Lipinski definition) is 2. The fourth-order valence-corrected chi connectivity index (χ4v) is 3.22. The summed E-state index contributed by atoms with van der Waals surface area (Å²) in [5, 5.41) is 7.32. The Balaban J connectivity index is 1.57. The molecule has 3 aromatic rings.